The van der Waals surface area contributed by atoms with Crippen LogP contribution in [0.4, 0.5) is 0 Å². The van der Waals surface area contributed by atoms with Crippen LogP contribution in [0.15, 0.2) is 22.7 Å². The Hall–Kier alpha value is -0.540. The van der Waals surface area contributed by atoms with Crippen molar-refractivity contribution in [2.75, 3.05) is 13.7 Å². The Morgan fingerprint density at radius 2 is 2.12 bits per heavy atom. The molecule has 2 N–H and O–H groups in total. The van der Waals surface area contributed by atoms with E-state index in [1.54, 1.807) is 7.11 Å². The fourth-order valence-electron chi connectivity index (χ4n) is 2.41. The van der Waals surface area contributed by atoms with Gasteiger partial charge in [0.25, 0.3) is 0 Å². The largest absolute Gasteiger partial charge is 0.496 e. The maximum Gasteiger partial charge on any atom is 0.122 e. The van der Waals surface area contributed by atoms with Crippen LogP contribution in [0.1, 0.15) is 18.4 Å². The van der Waals surface area contributed by atoms with Crippen LogP contribution in [0.2, 0.25) is 0 Å². The van der Waals surface area contributed by atoms with E-state index < -0.39 is 0 Å². The highest BCUT2D eigenvalue weighted by Crippen LogP contribution is 2.38. The van der Waals surface area contributed by atoms with Crippen LogP contribution >= 0.6 is 15.9 Å². The maximum atomic E-state index is 5.74. The van der Waals surface area contributed by atoms with Gasteiger partial charge >= 0.3 is 0 Å². The second-order valence-electron chi connectivity index (χ2n) is 4.49. The highest BCUT2D eigenvalue weighted by atomic mass is 79.9. The minimum absolute atomic E-state index is 0.712. The van der Waals surface area contributed by atoms with E-state index in [1.807, 2.05) is 12.1 Å². The van der Waals surface area contributed by atoms with Crippen LogP contribution in [0.3, 0.4) is 0 Å². The molecule has 0 aliphatic heterocycles. The second-order valence-corrected chi connectivity index (χ2v) is 5.41. The molecule has 3 heteroatoms. The number of benzene rings is 1. The summed E-state index contributed by atoms with van der Waals surface area (Å²) in [6.45, 7) is 0.820. The topological polar surface area (TPSA) is 35.2 Å². The Balaban J connectivity index is 2.10. The molecule has 1 aliphatic rings. The first-order chi connectivity index (χ1) is 7.74. The van der Waals surface area contributed by atoms with Gasteiger partial charge in [0.2, 0.25) is 0 Å². The molecule has 88 valence electrons. The van der Waals surface area contributed by atoms with Crippen molar-refractivity contribution in [3.8, 4) is 5.75 Å². The molecule has 1 aliphatic carbocycles. The second kappa shape index (κ2) is 5.19. The van der Waals surface area contributed by atoms with Gasteiger partial charge in [-0.2, -0.15) is 0 Å². The third-order valence-corrected chi connectivity index (χ3v) is 4.10. The molecule has 2 nitrogen and oxygen atoms in total. The highest BCUT2D eigenvalue weighted by Gasteiger charge is 2.30. The molecule has 16 heavy (non-hydrogen) atoms. The Kier molecular flexibility index (Phi) is 3.87. The van der Waals surface area contributed by atoms with Gasteiger partial charge in [0.15, 0.2) is 0 Å². The smallest absolute Gasteiger partial charge is 0.122 e. The van der Waals surface area contributed by atoms with Crippen LogP contribution in [-0.2, 0) is 6.42 Å². The van der Waals surface area contributed by atoms with E-state index in [9.17, 15) is 0 Å². The molecule has 0 spiro atoms. The first-order valence-corrected chi connectivity index (χ1v) is 6.56. The van der Waals surface area contributed by atoms with E-state index in [0.29, 0.717) is 5.92 Å². The van der Waals surface area contributed by atoms with Gasteiger partial charge in [-0.3, -0.25) is 0 Å². The average molecular weight is 284 g/mol. The van der Waals surface area contributed by atoms with Crippen LogP contribution in [0.5, 0.6) is 5.75 Å². The molecule has 1 aromatic carbocycles. The lowest BCUT2D eigenvalue weighted by Gasteiger charge is -2.36. The minimum atomic E-state index is 0.712. The fraction of sp³-hybridized carbons (Fsp3) is 0.538. The summed E-state index contributed by atoms with van der Waals surface area (Å²) < 4.78 is 6.50. The van der Waals surface area contributed by atoms with Gasteiger partial charge in [-0.25, -0.2) is 0 Å². The molecule has 0 aromatic heterocycles. The van der Waals surface area contributed by atoms with Crippen LogP contribution < -0.4 is 10.5 Å². The summed E-state index contributed by atoms with van der Waals surface area (Å²) in [5, 5.41) is 0. The fourth-order valence-corrected chi connectivity index (χ4v) is 2.81. The van der Waals surface area contributed by atoms with E-state index in [1.165, 1.54) is 18.4 Å². The Morgan fingerprint density at radius 1 is 1.38 bits per heavy atom. The summed E-state index contributed by atoms with van der Waals surface area (Å²) in [4.78, 5) is 0. The zero-order valence-electron chi connectivity index (χ0n) is 9.58. The standard InChI is InChI=1S/C13H18BrNO/c1-16-13-5-4-12(14)7-11(13)6-9-2-3-10(9)8-15/h4-5,7,9-10H,2-3,6,8,15H2,1H3. The number of rotatable bonds is 4. The number of hydrogen-bond donors (Lipinski definition) is 1. The number of ether oxygens (including phenoxy) is 1. The lowest BCUT2D eigenvalue weighted by Crippen LogP contribution is -2.33. The predicted molar refractivity (Wildman–Crippen MR) is 69.7 cm³/mol. The first kappa shape index (κ1) is 11.9. The SMILES string of the molecule is COc1ccc(Br)cc1CC1CCC1CN. The average Bonchev–Trinajstić information content (AvgIpc) is 2.25. The zero-order valence-corrected chi connectivity index (χ0v) is 11.2. The monoisotopic (exact) mass is 283 g/mol. The molecule has 0 amide bonds. The Morgan fingerprint density at radius 3 is 2.69 bits per heavy atom. The van der Waals surface area contributed by atoms with Crippen molar-refractivity contribution in [1.82, 2.24) is 0 Å². The van der Waals surface area contributed by atoms with Crippen LogP contribution in [0, 0.1) is 11.8 Å². The zero-order chi connectivity index (χ0) is 11.5. The molecule has 0 saturated heterocycles. The van der Waals surface area contributed by atoms with Crippen LogP contribution in [0.25, 0.3) is 0 Å². The summed E-state index contributed by atoms with van der Waals surface area (Å²) in [5.41, 5.74) is 7.03. The Bertz CT molecular complexity index is 365. The molecular formula is C13H18BrNO. The summed E-state index contributed by atoms with van der Waals surface area (Å²) in [6.07, 6.45) is 3.68. The van der Waals surface area contributed by atoms with Crippen molar-refractivity contribution < 1.29 is 4.74 Å². The first-order valence-electron chi connectivity index (χ1n) is 5.77. The van der Waals surface area contributed by atoms with Gasteiger partial charge in [0.05, 0.1) is 7.11 Å². The van der Waals surface area contributed by atoms with Crippen molar-refractivity contribution in [2.45, 2.75) is 19.3 Å². The number of methoxy groups -OCH3 is 1. The molecule has 2 rings (SSSR count). The molecular weight excluding hydrogens is 266 g/mol. The van der Waals surface area contributed by atoms with Crippen molar-refractivity contribution in [2.24, 2.45) is 17.6 Å². The lowest BCUT2D eigenvalue weighted by atomic mass is 9.71. The van der Waals surface area contributed by atoms with E-state index in [4.69, 9.17) is 10.5 Å². The molecule has 0 heterocycles. The third-order valence-electron chi connectivity index (χ3n) is 3.60. The Labute approximate surface area is 105 Å². The number of halogens is 1. The maximum absolute atomic E-state index is 5.74. The number of hydrogen-bond acceptors (Lipinski definition) is 2. The summed E-state index contributed by atoms with van der Waals surface area (Å²) in [7, 11) is 1.73. The molecule has 2 unspecified atom stereocenters. The summed E-state index contributed by atoms with van der Waals surface area (Å²) >= 11 is 3.51. The molecule has 1 saturated carbocycles. The van der Waals surface area contributed by atoms with Gasteiger partial charge in [-0.15, -0.1) is 0 Å². The van der Waals surface area contributed by atoms with Crippen molar-refractivity contribution in [1.29, 1.82) is 0 Å². The highest BCUT2D eigenvalue weighted by molar-refractivity contribution is 9.10. The van der Waals surface area contributed by atoms with Crippen molar-refractivity contribution in [3.63, 3.8) is 0 Å². The summed E-state index contributed by atoms with van der Waals surface area (Å²) in [5.74, 6) is 2.45. The van der Waals surface area contributed by atoms with Crippen LogP contribution in [-0.4, -0.2) is 13.7 Å². The number of nitrogens with two attached hydrogens (primary N) is 1. The van der Waals surface area contributed by atoms with E-state index in [0.717, 1.165) is 29.1 Å². The molecule has 1 aromatic rings. The van der Waals surface area contributed by atoms with Crippen molar-refractivity contribution >= 4 is 15.9 Å². The van der Waals surface area contributed by atoms with E-state index in [2.05, 4.69) is 22.0 Å². The van der Waals surface area contributed by atoms with Gasteiger partial charge in [-0.1, -0.05) is 15.9 Å². The van der Waals surface area contributed by atoms with Gasteiger partial charge < -0.3 is 10.5 Å². The van der Waals surface area contributed by atoms with Gasteiger partial charge in [-0.05, 0) is 61.4 Å². The van der Waals surface area contributed by atoms with Gasteiger partial charge in [0, 0.05) is 4.47 Å². The van der Waals surface area contributed by atoms with E-state index in [-0.39, 0.29) is 0 Å². The molecule has 0 bridgehead atoms. The van der Waals surface area contributed by atoms with Gasteiger partial charge in [0.1, 0.15) is 5.75 Å². The minimum Gasteiger partial charge on any atom is -0.496 e. The molecule has 0 radical (unpaired) electrons. The summed E-state index contributed by atoms with van der Waals surface area (Å²) in [6, 6.07) is 6.20. The lowest BCUT2D eigenvalue weighted by molar-refractivity contribution is 0.182. The third kappa shape index (κ3) is 2.41. The quantitative estimate of drug-likeness (QED) is 0.922. The predicted octanol–water partition coefficient (Wildman–Crippen LogP) is 2.99. The molecule has 1 fully saturated rings. The normalized spacial score (nSPS) is 23.9. The van der Waals surface area contributed by atoms with Crippen molar-refractivity contribution in [3.05, 3.63) is 28.2 Å². The molecule has 2 atom stereocenters. The van der Waals surface area contributed by atoms with E-state index >= 15 is 0 Å².